The molecule has 41 heavy (non-hydrogen) atoms. The van der Waals surface area contributed by atoms with Crippen molar-refractivity contribution in [3.63, 3.8) is 0 Å². The summed E-state index contributed by atoms with van der Waals surface area (Å²) in [4.78, 5) is 0. The van der Waals surface area contributed by atoms with Crippen LogP contribution in [-0.2, 0) is 11.5 Å². The normalized spacial score (nSPS) is 18.6. The van der Waals surface area contributed by atoms with E-state index in [9.17, 15) is 62.1 Å². The first-order valence-electron chi connectivity index (χ1n) is 10.3. The second kappa shape index (κ2) is 8.56. The standard InChI is InChI=1S/C22HBF16O2/c24-7-1-2-6(22(38,39)5(1)12(29)17(34)13(7)30)19(18(35)15(32)8(2)25)41-23(40)21(37)4-3(10(27)20(21)36)9(26)14(31)16(33)11(4)28/h40H. The molecular weight excluding hydrogens is 611 g/mol. The summed E-state index contributed by atoms with van der Waals surface area (Å²) in [5, 5.41) is 10.1. The topological polar surface area (TPSA) is 29.5 Å². The van der Waals surface area contributed by atoms with Crippen molar-refractivity contribution >= 4 is 12.9 Å². The highest BCUT2D eigenvalue weighted by Gasteiger charge is 2.64. The molecule has 2 aliphatic carbocycles. The number of fused-ring (bicyclic) bond motifs is 4. The molecule has 2 nitrogen and oxygen atoms in total. The van der Waals surface area contributed by atoms with E-state index in [4.69, 9.17) is 0 Å². The van der Waals surface area contributed by atoms with Crippen molar-refractivity contribution in [1.29, 1.82) is 0 Å². The zero-order valence-electron chi connectivity index (χ0n) is 18.5. The zero-order chi connectivity index (χ0) is 30.8. The van der Waals surface area contributed by atoms with Gasteiger partial charge < -0.3 is 9.68 Å². The molecule has 19 heteroatoms. The number of halogens is 16. The first-order chi connectivity index (χ1) is 18.8. The molecule has 216 valence electrons. The van der Waals surface area contributed by atoms with Crippen molar-refractivity contribution in [2.75, 3.05) is 0 Å². The zero-order valence-corrected chi connectivity index (χ0v) is 18.5. The first kappa shape index (κ1) is 28.6. The highest BCUT2D eigenvalue weighted by Crippen LogP contribution is 2.59. The molecule has 2 aliphatic rings. The average molecular weight is 612 g/mol. The van der Waals surface area contributed by atoms with Gasteiger partial charge in [0.15, 0.2) is 75.6 Å². The fourth-order valence-electron chi connectivity index (χ4n) is 4.55. The summed E-state index contributed by atoms with van der Waals surface area (Å²) >= 11 is 0. The molecular formula is C22HBF16O2. The Hall–Kier alpha value is -3.90. The Morgan fingerprint density at radius 1 is 0.463 bits per heavy atom. The van der Waals surface area contributed by atoms with E-state index >= 15 is 13.2 Å². The lowest BCUT2D eigenvalue weighted by Crippen LogP contribution is -2.45. The molecule has 0 saturated heterocycles. The van der Waals surface area contributed by atoms with Crippen molar-refractivity contribution in [2.24, 2.45) is 0 Å². The number of alkyl halides is 3. The predicted octanol–water partition coefficient (Wildman–Crippen LogP) is 7.22. The Balaban J connectivity index is 1.79. The van der Waals surface area contributed by atoms with Crippen molar-refractivity contribution in [3.05, 3.63) is 92.1 Å². The largest absolute Gasteiger partial charge is 0.575 e. The Kier molecular flexibility index (Phi) is 5.98. The molecule has 1 N–H and O–H groups in total. The molecule has 0 bridgehead atoms. The summed E-state index contributed by atoms with van der Waals surface area (Å²) in [5.41, 5.74) is -19.7. The van der Waals surface area contributed by atoms with Crippen LogP contribution in [0.5, 0.6) is 5.75 Å². The van der Waals surface area contributed by atoms with E-state index in [1.54, 1.807) is 0 Å². The lowest BCUT2D eigenvalue weighted by Gasteiger charge is -2.26. The van der Waals surface area contributed by atoms with Crippen LogP contribution in [0.15, 0.2) is 5.83 Å². The third-order valence-corrected chi connectivity index (χ3v) is 6.36. The van der Waals surface area contributed by atoms with Gasteiger partial charge in [-0.05, 0) is 0 Å². The molecule has 3 aromatic rings. The highest BCUT2D eigenvalue weighted by molar-refractivity contribution is 6.49. The van der Waals surface area contributed by atoms with E-state index in [0.29, 0.717) is 0 Å². The Labute approximate surface area is 214 Å². The van der Waals surface area contributed by atoms with Crippen LogP contribution < -0.4 is 4.65 Å². The van der Waals surface area contributed by atoms with E-state index < -0.39 is 133 Å². The van der Waals surface area contributed by atoms with Crippen LogP contribution in [0.1, 0.15) is 22.3 Å². The van der Waals surface area contributed by atoms with Crippen LogP contribution in [-0.4, -0.2) is 12.1 Å². The molecule has 0 fully saturated rings. The maximum Gasteiger partial charge on any atom is 0.575 e. The van der Waals surface area contributed by atoms with Gasteiger partial charge in [-0.2, -0.15) is 13.2 Å². The van der Waals surface area contributed by atoms with Gasteiger partial charge in [-0.3, -0.25) is 0 Å². The number of hydrogen-bond acceptors (Lipinski definition) is 2. The maximum absolute atomic E-state index is 15.7. The van der Waals surface area contributed by atoms with Crippen molar-refractivity contribution in [2.45, 2.75) is 11.5 Å². The third-order valence-electron chi connectivity index (χ3n) is 6.36. The minimum atomic E-state index is -5.46. The molecule has 5 rings (SSSR count). The van der Waals surface area contributed by atoms with Crippen molar-refractivity contribution in [1.82, 2.24) is 0 Å². The van der Waals surface area contributed by atoms with Gasteiger partial charge >= 0.3 is 13.0 Å². The van der Waals surface area contributed by atoms with Gasteiger partial charge in [0.1, 0.15) is 0 Å². The molecule has 0 saturated carbocycles. The summed E-state index contributed by atoms with van der Waals surface area (Å²) < 4.78 is 234. The number of hydrogen-bond donors (Lipinski definition) is 1. The summed E-state index contributed by atoms with van der Waals surface area (Å²) in [6.45, 7) is 0. The fourth-order valence-corrected chi connectivity index (χ4v) is 4.55. The van der Waals surface area contributed by atoms with Gasteiger partial charge in [0.2, 0.25) is 11.4 Å². The average Bonchev–Trinajstić information content (AvgIpc) is 3.29. The van der Waals surface area contributed by atoms with Gasteiger partial charge in [-0.15, -0.1) is 0 Å². The van der Waals surface area contributed by atoms with Gasteiger partial charge in [-0.25, -0.2) is 57.1 Å². The van der Waals surface area contributed by atoms with Crippen molar-refractivity contribution < 1.29 is 79.9 Å². The molecule has 1 atom stereocenters. The molecule has 0 spiro atoms. The van der Waals surface area contributed by atoms with Crippen LogP contribution in [0.4, 0.5) is 70.2 Å². The second-order valence-corrected chi connectivity index (χ2v) is 8.42. The molecule has 0 heterocycles. The molecule has 0 radical (unpaired) electrons. The molecule has 3 aromatic carbocycles. The Morgan fingerprint density at radius 2 is 0.854 bits per heavy atom. The van der Waals surface area contributed by atoms with Crippen LogP contribution in [0.25, 0.3) is 17.0 Å². The van der Waals surface area contributed by atoms with Gasteiger partial charge in [0.05, 0.1) is 16.7 Å². The second-order valence-electron chi connectivity index (χ2n) is 8.42. The van der Waals surface area contributed by atoms with Gasteiger partial charge in [0, 0.05) is 16.7 Å². The Morgan fingerprint density at radius 3 is 1.37 bits per heavy atom. The number of benzene rings is 3. The maximum atomic E-state index is 15.7. The van der Waals surface area contributed by atoms with Crippen LogP contribution >= 0.6 is 0 Å². The molecule has 0 aromatic heterocycles. The molecule has 0 amide bonds. The van der Waals surface area contributed by atoms with Crippen LogP contribution in [0, 0.1) is 64.0 Å². The van der Waals surface area contributed by atoms with E-state index in [0.717, 1.165) is 0 Å². The SMILES string of the molecule is OB(Oc1c(F)c(F)c(F)c2c1C(F)(F)c1c(F)c(F)c(F)c(F)c1-2)C1(F)C(F)=C(F)c2c(F)c(F)c(F)c(F)c21. The summed E-state index contributed by atoms with van der Waals surface area (Å²) in [7, 11) is -4.21. The monoisotopic (exact) mass is 612 g/mol. The summed E-state index contributed by atoms with van der Waals surface area (Å²) in [6.07, 6.45) is 0. The first-order valence-corrected chi connectivity index (χ1v) is 10.3. The lowest BCUT2D eigenvalue weighted by molar-refractivity contribution is 0.0400. The minimum Gasteiger partial charge on any atom is -0.531 e. The summed E-state index contributed by atoms with van der Waals surface area (Å²) in [5.74, 6) is -45.9. The smallest absolute Gasteiger partial charge is 0.531 e. The fraction of sp³-hybridized carbons (Fsp3) is 0.0909. The summed E-state index contributed by atoms with van der Waals surface area (Å²) in [6, 6.07) is 0. The highest BCUT2D eigenvalue weighted by atomic mass is 19.3. The number of rotatable bonds is 3. The molecule has 0 aliphatic heterocycles. The quantitative estimate of drug-likeness (QED) is 0.147. The van der Waals surface area contributed by atoms with Gasteiger partial charge in [-0.1, -0.05) is 0 Å². The minimum absolute atomic E-state index is 2.25. The predicted molar refractivity (Wildman–Crippen MR) is 101 cm³/mol. The van der Waals surface area contributed by atoms with E-state index in [1.807, 2.05) is 0 Å². The number of allylic oxidation sites excluding steroid dienone is 1. The Bertz CT molecular complexity index is 1770. The van der Waals surface area contributed by atoms with Gasteiger partial charge in [0.25, 0.3) is 0 Å². The third kappa shape index (κ3) is 3.23. The lowest BCUT2D eigenvalue weighted by atomic mass is 9.65. The van der Waals surface area contributed by atoms with Crippen LogP contribution in [0.3, 0.4) is 0 Å². The van der Waals surface area contributed by atoms with Crippen LogP contribution in [0.2, 0.25) is 0 Å². The van der Waals surface area contributed by atoms with E-state index in [2.05, 4.69) is 4.65 Å². The van der Waals surface area contributed by atoms with E-state index in [1.165, 1.54) is 0 Å². The van der Waals surface area contributed by atoms with E-state index in [-0.39, 0.29) is 0 Å². The van der Waals surface area contributed by atoms with Crippen molar-refractivity contribution in [3.8, 4) is 16.9 Å². The molecule has 1 unspecified atom stereocenters.